The molecule has 0 bridgehead atoms. The molecule has 1 aliphatic rings. The lowest BCUT2D eigenvalue weighted by molar-refractivity contribution is -0.123. The molecule has 7 nitrogen and oxygen atoms in total. The maximum Gasteiger partial charge on any atom is 0.244 e. The summed E-state index contributed by atoms with van der Waals surface area (Å²) in [6, 6.07) is 6.74. The Morgan fingerprint density at radius 3 is 2.68 bits per heavy atom. The van der Waals surface area contributed by atoms with Gasteiger partial charge in [0.15, 0.2) is 5.96 Å². The van der Waals surface area contributed by atoms with E-state index in [-0.39, 0.29) is 24.2 Å². The minimum atomic E-state index is -0.579. The number of nitrogens with zero attached hydrogens (tertiary/aromatic N) is 1. The van der Waals surface area contributed by atoms with Crippen LogP contribution in [-0.2, 0) is 16.0 Å². The first-order valence-electron chi connectivity index (χ1n) is 11.4. The number of guanidine groups is 1. The summed E-state index contributed by atoms with van der Waals surface area (Å²) in [6.45, 7) is 4.82. The second-order valence-corrected chi connectivity index (χ2v) is 8.60. The standard InChI is InChI=1S/C24H38N4O3/c1-4-17(2)16-26-23(30)21(14-18-9-6-5-7-10-18)27-24(25)28-22(29)15-19-11-8-12-20(13-19)31-3/h8,11-13,17-18,21H,4-7,9-10,14-16H2,1-3H3,(H,26,30)(H3,25,27,28,29). The molecule has 2 unspecified atom stereocenters. The van der Waals surface area contributed by atoms with Gasteiger partial charge in [0.2, 0.25) is 11.8 Å². The van der Waals surface area contributed by atoms with Gasteiger partial charge in [-0.3, -0.25) is 14.9 Å². The monoisotopic (exact) mass is 430 g/mol. The molecule has 1 aliphatic carbocycles. The van der Waals surface area contributed by atoms with Gasteiger partial charge in [-0.2, -0.15) is 0 Å². The van der Waals surface area contributed by atoms with Crippen molar-refractivity contribution in [3.63, 3.8) is 0 Å². The van der Waals surface area contributed by atoms with Crippen molar-refractivity contribution in [1.29, 1.82) is 0 Å². The number of nitrogens with two attached hydrogens (primary N) is 1. The second kappa shape index (κ2) is 13.0. The van der Waals surface area contributed by atoms with E-state index in [1.54, 1.807) is 13.2 Å². The van der Waals surface area contributed by atoms with Gasteiger partial charge in [-0.25, -0.2) is 4.99 Å². The zero-order valence-corrected chi connectivity index (χ0v) is 19.2. The molecule has 0 heterocycles. The first-order chi connectivity index (χ1) is 14.9. The fraction of sp³-hybridized carbons (Fsp3) is 0.625. The Morgan fingerprint density at radius 1 is 1.26 bits per heavy atom. The predicted molar refractivity (Wildman–Crippen MR) is 124 cm³/mol. The van der Waals surface area contributed by atoms with Crippen LogP contribution >= 0.6 is 0 Å². The van der Waals surface area contributed by atoms with E-state index < -0.39 is 6.04 Å². The number of benzene rings is 1. The zero-order valence-electron chi connectivity index (χ0n) is 19.2. The molecule has 1 aromatic carbocycles. The van der Waals surface area contributed by atoms with E-state index in [2.05, 4.69) is 29.5 Å². The van der Waals surface area contributed by atoms with Gasteiger partial charge in [0.05, 0.1) is 13.5 Å². The summed E-state index contributed by atoms with van der Waals surface area (Å²) in [6.07, 6.45) is 7.70. The Labute approximate surface area is 186 Å². The van der Waals surface area contributed by atoms with Crippen LogP contribution in [0.15, 0.2) is 29.3 Å². The topological polar surface area (TPSA) is 106 Å². The molecule has 0 saturated heterocycles. The SMILES string of the molecule is CCC(C)CNC(=O)C(CC1CCCCC1)N=C(N)NC(=O)Cc1cccc(OC)c1. The Hall–Kier alpha value is -2.57. The highest BCUT2D eigenvalue weighted by Crippen LogP contribution is 2.28. The van der Waals surface area contributed by atoms with Crippen LogP contribution in [0.5, 0.6) is 5.75 Å². The van der Waals surface area contributed by atoms with E-state index in [1.807, 2.05) is 18.2 Å². The molecule has 1 fully saturated rings. The van der Waals surface area contributed by atoms with Gasteiger partial charge in [0.1, 0.15) is 11.8 Å². The predicted octanol–water partition coefficient (Wildman–Crippen LogP) is 3.17. The second-order valence-electron chi connectivity index (χ2n) is 8.60. The largest absolute Gasteiger partial charge is 0.497 e. The zero-order chi connectivity index (χ0) is 22.6. The average molecular weight is 431 g/mol. The number of amides is 2. The Balaban J connectivity index is 2.00. The summed E-state index contributed by atoms with van der Waals surface area (Å²) in [4.78, 5) is 29.6. The van der Waals surface area contributed by atoms with Crippen molar-refractivity contribution in [2.24, 2.45) is 22.6 Å². The molecule has 2 amide bonds. The van der Waals surface area contributed by atoms with Crippen molar-refractivity contribution in [3.8, 4) is 5.75 Å². The van der Waals surface area contributed by atoms with E-state index >= 15 is 0 Å². The number of carbonyl (C=O) groups is 2. The molecule has 1 aromatic rings. The van der Waals surface area contributed by atoms with Crippen LogP contribution < -0.4 is 21.1 Å². The molecular weight excluding hydrogens is 392 g/mol. The van der Waals surface area contributed by atoms with E-state index in [1.165, 1.54) is 19.3 Å². The van der Waals surface area contributed by atoms with E-state index in [0.717, 1.165) is 24.8 Å². The third-order valence-corrected chi connectivity index (χ3v) is 5.97. The number of carbonyl (C=O) groups excluding carboxylic acids is 2. The highest BCUT2D eigenvalue weighted by Gasteiger charge is 2.24. The third kappa shape index (κ3) is 8.99. The van der Waals surface area contributed by atoms with Crippen LogP contribution in [0.1, 0.15) is 64.4 Å². The van der Waals surface area contributed by atoms with Crippen molar-refractivity contribution in [1.82, 2.24) is 10.6 Å². The van der Waals surface area contributed by atoms with Crippen LogP contribution in [0.25, 0.3) is 0 Å². The van der Waals surface area contributed by atoms with Gasteiger partial charge in [-0.05, 0) is 36.0 Å². The molecule has 0 radical (unpaired) electrons. The number of ether oxygens (including phenoxy) is 1. The first kappa shape index (κ1) is 24.7. The lowest BCUT2D eigenvalue weighted by atomic mass is 9.84. The van der Waals surface area contributed by atoms with Crippen LogP contribution in [0.4, 0.5) is 0 Å². The summed E-state index contributed by atoms with van der Waals surface area (Å²) in [5.41, 5.74) is 6.84. The van der Waals surface area contributed by atoms with Gasteiger partial charge < -0.3 is 15.8 Å². The molecule has 4 N–H and O–H groups in total. The summed E-state index contributed by atoms with van der Waals surface area (Å²) in [5.74, 6) is 1.17. The maximum atomic E-state index is 12.8. The summed E-state index contributed by atoms with van der Waals surface area (Å²) < 4.78 is 5.19. The van der Waals surface area contributed by atoms with E-state index in [0.29, 0.717) is 30.6 Å². The number of methoxy groups -OCH3 is 1. The van der Waals surface area contributed by atoms with Gasteiger partial charge in [0, 0.05) is 6.54 Å². The number of nitrogens with one attached hydrogen (secondary N) is 2. The molecular formula is C24H38N4O3. The highest BCUT2D eigenvalue weighted by atomic mass is 16.5. The third-order valence-electron chi connectivity index (χ3n) is 5.97. The van der Waals surface area contributed by atoms with Crippen molar-refractivity contribution >= 4 is 17.8 Å². The van der Waals surface area contributed by atoms with Gasteiger partial charge in [-0.15, -0.1) is 0 Å². The molecule has 172 valence electrons. The molecule has 0 aliphatic heterocycles. The highest BCUT2D eigenvalue weighted by molar-refractivity contribution is 5.98. The van der Waals surface area contributed by atoms with Crippen molar-refractivity contribution < 1.29 is 14.3 Å². The minimum absolute atomic E-state index is 0.00704. The quantitative estimate of drug-likeness (QED) is 0.391. The normalized spacial score (nSPS) is 16.9. The minimum Gasteiger partial charge on any atom is -0.497 e. The summed E-state index contributed by atoms with van der Waals surface area (Å²) in [7, 11) is 1.59. The fourth-order valence-electron chi connectivity index (χ4n) is 3.85. The molecule has 0 aromatic heterocycles. The fourth-order valence-corrected chi connectivity index (χ4v) is 3.85. The molecule has 0 spiro atoms. The molecule has 2 rings (SSSR count). The molecule has 1 saturated carbocycles. The maximum absolute atomic E-state index is 12.8. The summed E-state index contributed by atoms with van der Waals surface area (Å²) in [5, 5.41) is 5.64. The molecule has 2 atom stereocenters. The van der Waals surface area contributed by atoms with E-state index in [4.69, 9.17) is 10.5 Å². The number of hydrogen-bond acceptors (Lipinski definition) is 4. The van der Waals surface area contributed by atoms with Crippen LogP contribution in [0.3, 0.4) is 0 Å². The Kier molecular flexibility index (Phi) is 10.3. The smallest absolute Gasteiger partial charge is 0.244 e. The lowest BCUT2D eigenvalue weighted by Gasteiger charge is -2.25. The Morgan fingerprint density at radius 2 is 2.00 bits per heavy atom. The first-order valence-corrected chi connectivity index (χ1v) is 11.4. The molecule has 31 heavy (non-hydrogen) atoms. The van der Waals surface area contributed by atoms with Crippen LogP contribution in [0.2, 0.25) is 0 Å². The molecule has 7 heteroatoms. The van der Waals surface area contributed by atoms with E-state index in [9.17, 15) is 9.59 Å². The Bertz CT molecular complexity index is 744. The van der Waals surface area contributed by atoms with Crippen LogP contribution in [0, 0.1) is 11.8 Å². The average Bonchev–Trinajstić information content (AvgIpc) is 2.77. The van der Waals surface area contributed by atoms with Gasteiger partial charge >= 0.3 is 0 Å². The number of hydrogen-bond donors (Lipinski definition) is 3. The van der Waals surface area contributed by atoms with Gasteiger partial charge in [-0.1, -0.05) is 64.5 Å². The lowest BCUT2D eigenvalue weighted by Crippen LogP contribution is -2.42. The van der Waals surface area contributed by atoms with Gasteiger partial charge in [0.25, 0.3) is 0 Å². The number of rotatable bonds is 10. The van der Waals surface area contributed by atoms with Crippen molar-refractivity contribution in [2.45, 2.75) is 71.3 Å². The van der Waals surface area contributed by atoms with Crippen molar-refractivity contribution in [2.75, 3.05) is 13.7 Å². The number of aliphatic imine (C=N–C) groups is 1. The summed E-state index contributed by atoms with van der Waals surface area (Å²) >= 11 is 0. The van der Waals surface area contributed by atoms with Crippen LogP contribution in [-0.4, -0.2) is 37.5 Å². The van der Waals surface area contributed by atoms with Crippen molar-refractivity contribution in [3.05, 3.63) is 29.8 Å².